The van der Waals surface area contributed by atoms with Gasteiger partial charge in [-0.2, -0.15) is 13.2 Å². The molecule has 130 valence electrons. The quantitative estimate of drug-likeness (QED) is 0.817. The molecule has 1 heterocycles. The Kier molecular flexibility index (Phi) is 4.32. The standard InChI is InChI=1S/C17H18F3NO2S/c1-2-24(22,23)16-10-21-8-7-14(16)13-6-5-12(17(18,19)20)9-15(13)11-3-4-11/h5-11,13,15H,2-4H2,1H3. The molecule has 2 unspecified atom stereocenters. The van der Waals surface area contributed by atoms with Gasteiger partial charge in [-0.3, -0.25) is 4.98 Å². The molecule has 0 bridgehead atoms. The van der Waals surface area contributed by atoms with Crippen LogP contribution >= 0.6 is 0 Å². The van der Waals surface area contributed by atoms with Crippen LogP contribution in [0.1, 0.15) is 31.2 Å². The second-order valence-electron chi connectivity index (χ2n) is 6.24. The van der Waals surface area contributed by atoms with E-state index in [1.54, 1.807) is 13.0 Å². The van der Waals surface area contributed by atoms with Crippen molar-refractivity contribution in [3.63, 3.8) is 0 Å². The molecular formula is C17H18F3NO2S. The van der Waals surface area contributed by atoms with Crippen LogP contribution in [0.3, 0.4) is 0 Å². The summed E-state index contributed by atoms with van der Waals surface area (Å²) in [5.41, 5.74) is -0.109. The van der Waals surface area contributed by atoms with Gasteiger partial charge in [0.05, 0.1) is 16.2 Å². The minimum Gasteiger partial charge on any atom is -0.263 e. The Morgan fingerprint density at radius 2 is 2.00 bits per heavy atom. The molecule has 0 aliphatic heterocycles. The third kappa shape index (κ3) is 3.27. The minimum absolute atomic E-state index is 0.0696. The van der Waals surface area contributed by atoms with Gasteiger partial charge >= 0.3 is 6.18 Å². The van der Waals surface area contributed by atoms with Gasteiger partial charge in [-0.15, -0.1) is 0 Å². The fourth-order valence-corrected chi connectivity index (χ4v) is 4.29. The van der Waals surface area contributed by atoms with E-state index in [1.807, 2.05) is 0 Å². The van der Waals surface area contributed by atoms with Crippen molar-refractivity contribution in [2.75, 3.05) is 5.75 Å². The van der Waals surface area contributed by atoms with Gasteiger partial charge in [0.1, 0.15) is 0 Å². The van der Waals surface area contributed by atoms with Gasteiger partial charge in [0.15, 0.2) is 9.84 Å². The molecule has 3 rings (SSSR count). The summed E-state index contributed by atoms with van der Waals surface area (Å²) in [5.74, 6) is -0.606. The molecular weight excluding hydrogens is 339 g/mol. The van der Waals surface area contributed by atoms with E-state index in [-0.39, 0.29) is 28.4 Å². The first-order valence-corrected chi connectivity index (χ1v) is 9.53. The first kappa shape index (κ1) is 17.2. The summed E-state index contributed by atoms with van der Waals surface area (Å²) >= 11 is 0. The minimum atomic E-state index is -4.38. The molecule has 7 heteroatoms. The van der Waals surface area contributed by atoms with Crippen molar-refractivity contribution in [3.05, 3.63) is 47.8 Å². The van der Waals surface area contributed by atoms with Crippen LogP contribution in [0, 0.1) is 11.8 Å². The molecule has 0 spiro atoms. The zero-order chi connectivity index (χ0) is 17.5. The SMILES string of the molecule is CCS(=O)(=O)c1cnccc1C1C=CC(C(F)(F)F)=CC1C1CC1. The second-order valence-corrected chi connectivity index (χ2v) is 8.48. The van der Waals surface area contributed by atoms with E-state index in [4.69, 9.17) is 0 Å². The van der Waals surface area contributed by atoms with Gasteiger partial charge < -0.3 is 0 Å². The molecule has 1 fully saturated rings. The number of alkyl halides is 3. The molecule has 3 nitrogen and oxygen atoms in total. The Morgan fingerprint density at radius 3 is 2.58 bits per heavy atom. The van der Waals surface area contributed by atoms with Crippen LogP contribution in [0.15, 0.2) is 47.2 Å². The van der Waals surface area contributed by atoms with Gasteiger partial charge in [-0.1, -0.05) is 25.2 Å². The summed E-state index contributed by atoms with van der Waals surface area (Å²) in [7, 11) is -3.49. The van der Waals surface area contributed by atoms with Crippen LogP contribution in [0.25, 0.3) is 0 Å². The summed E-state index contributed by atoms with van der Waals surface area (Å²) < 4.78 is 63.7. The molecule has 1 aromatic rings. The molecule has 2 atom stereocenters. The van der Waals surface area contributed by atoms with E-state index in [0.29, 0.717) is 5.56 Å². The molecule has 0 radical (unpaired) electrons. The van der Waals surface area contributed by atoms with Gasteiger partial charge in [0.2, 0.25) is 0 Å². The normalized spacial score (nSPS) is 24.8. The predicted molar refractivity (Wildman–Crippen MR) is 84.2 cm³/mol. The summed E-state index contributed by atoms with van der Waals surface area (Å²) in [6.45, 7) is 1.54. The lowest BCUT2D eigenvalue weighted by Crippen LogP contribution is -2.22. The van der Waals surface area contributed by atoms with E-state index >= 15 is 0 Å². The van der Waals surface area contributed by atoms with E-state index in [2.05, 4.69) is 4.98 Å². The number of halogens is 3. The highest BCUT2D eigenvalue weighted by atomic mass is 32.2. The summed E-state index contributed by atoms with van der Waals surface area (Å²) in [5, 5.41) is 0. The molecule has 0 amide bonds. The van der Waals surface area contributed by atoms with Crippen molar-refractivity contribution in [2.45, 2.75) is 36.8 Å². The topological polar surface area (TPSA) is 47.0 Å². The number of hydrogen-bond acceptors (Lipinski definition) is 3. The Balaban J connectivity index is 2.05. The van der Waals surface area contributed by atoms with Crippen molar-refractivity contribution in [1.29, 1.82) is 0 Å². The fraction of sp³-hybridized carbons (Fsp3) is 0.471. The number of pyridine rings is 1. The number of sulfone groups is 1. The zero-order valence-electron chi connectivity index (χ0n) is 13.1. The number of hydrogen-bond donors (Lipinski definition) is 0. The van der Waals surface area contributed by atoms with Crippen LogP contribution in [0.5, 0.6) is 0 Å². The van der Waals surface area contributed by atoms with E-state index in [9.17, 15) is 21.6 Å². The molecule has 0 N–H and O–H groups in total. The van der Waals surface area contributed by atoms with Crippen LogP contribution in [0.2, 0.25) is 0 Å². The summed E-state index contributed by atoms with van der Waals surface area (Å²) in [6.07, 6.45) is 3.98. The van der Waals surface area contributed by atoms with Crippen molar-refractivity contribution < 1.29 is 21.6 Å². The van der Waals surface area contributed by atoms with Crippen molar-refractivity contribution in [1.82, 2.24) is 4.98 Å². The van der Waals surface area contributed by atoms with Crippen molar-refractivity contribution in [2.24, 2.45) is 11.8 Å². The third-order valence-corrected chi connectivity index (χ3v) is 6.43. The molecule has 2 aliphatic rings. The van der Waals surface area contributed by atoms with Crippen molar-refractivity contribution in [3.8, 4) is 0 Å². The molecule has 24 heavy (non-hydrogen) atoms. The number of allylic oxidation sites excluding steroid dienone is 4. The highest BCUT2D eigenvalue weighted by Crippen LogP contribution is 2.49. The average Bonchev–Trinajstić information content (AvgIpc) is 3.38. The van der Waals surface area contributed by atoms with Crippen LogP contribution in [-0.4, -0.2) is 25.3 Å². The first-order valence-electron chi connectivity index (χ1n) is 7.88. The zero-order valence-corrected chi connectivity index (χ0v) is 13.9. The van der Waals surface area contributed by atoms with Crippen LogP contribution in [0.4, 0.5) is 13.2 Å². The Hall–Kier alpha value is -1.63. The summed E-state index contributed by atoms with van der Waals surface area (Å²) in [6, 6.07) is 1.61. The maximum absolute atomic E-state index is 13.0. The van der Waals surface area contributed by atoms with Crippen LogP contribution in [-0.2, 0) is 9.84 Å². The largest absolute Gasteiger partial charge is 0.416 e. The molecule has 1 aromatic heterocycles. The smallest absolute Gasteiger partial charge is 0.263 e. The lowest BCUT2D eigenvalue weighted by molar-refractivity contribution is -0.0890. The number of rotatable bonds is 4. The fourth-order valence-electron chi connectivity index (χ4n) is 3.19. The highest BCUT2D eigenvalue weighted by molar-refractivity contribution is 7.91. The van der Waals surface area contributed by atoms with Gasteiger partial charge in [0, 0.05) is 18.3 Å². The average molecular weight is 357 g/mol. The van der Waals surface area contributed by atoms with Crippen LogP contribution < -0.4 is 0 Å². The van der Waals surface area contributed by atoms with Crippen molar-refractivity contribution >= 4 is 9.84 Å². The number of nitrogens with zero attached hydrogens (tertiary/aromatic N) is 1. The molecule has 2 aliphatic carbocycles. The Morgan fingerprint density at radius 1 is 1.29 bits per heavy atom. The monoisotopic (exact) mass is 357 g/mol. The van der Waals surface area contributed by atoms with Gasteiger partial charge in [0.25, 0.3) is 0 Å². The van der Waals surface area contributed by atoms with E-state index in [0.717, 1.165) is 18.9 Å². The van der Waals surface area contributed by atoms with Gasteiger partial charge in [-0.05, 0) is 36.3 Å². The van der Waals surface area contributed by atoms with Gasteiger partial charge in [-0.25, -0.2) is 8.42 Å². The lowest BCUT2D eigenvalue weighted by atomic mass is 9.78. The third-order valence-electron chi connectivity index (χ3n) is 4.65. The maximum atomic E-state index is 13.0. The Labute approximate surface area is 139 Å². The molecule has 0 saturated heterocycles. The van der Waals surface area contributed by atoms with E-state index < -0.39 is 21.6 Å². The van der Waals surface area contributed by atoms with E-state index in [1.165, 1.54) is 24.5 Å². The first-order chi connectivity index (χ1) is 11.2. The number of aromatic nitrogens is 1. The highest BCUT2D eigenvalue weighted by Gasteiger charge is 2.42. The molecule has 1 saturated carbocycles. The Bertz CT molecular complexity index is 792. The molecule has 0 aromatic carbocycles. The predicted octanol–water partition coefficient (Wildman–Crippen LogP) is 4.04. The summed E-state index contributed by atoms with van der Waals surface area (Å²) in [4.78, 5) is 4.02. The maximum Gasteiger partial charge on any atom is 0.416 e. The second kappa shape index (κ2) is 6.02. The lowest BCUT2D eigenvalue weighted by Gasteiger charge is -2.28.